The van der Waals surface area contributed by atoms with E-state index in [0.29, 0.717) is 12.5 Å². The Bertz CT molecular complexity index is 893. The van der Waals surface area contributed by atoms with Gasteiger partial charge in [0, 0.05) is 30.8 Å². The fourth-order valence-corrected chi connectivity index (χ4v) is 4.15. The van der Waals surface area contributed by atoms with Crippen molar-refractivity contribution < 1.29 is 4.79 Å². The lowest BCUT2D eigenvalue weighted by Gasteiger charge is -2.18. The average Bonchev–Trinajstić information content (AvgIpc) is 3.28. The zero-order chi connectivity index (χ0) is 19.9. The molecule has 1 amide bonds. The Morgan fingerprint density at radius 1 is 1.07 bits per heavy atom. The molecule has 0 aliphatic heterocycles. The first kappa shape index (κ1) is 19.2. The van der Waals surface area contributed by atoms with Gasteiger partial charge < -0.3 is 10.3 Å². The Morgan fingerprint density at radius 2 is 1.76 bits per heavy atom. The monoisotopic (exact) mass is 385 g/mol. The summed E-state index contributed by atoms with van der Waals surface area (Å²) in [5.41, 5.74) is 2.63. The third kappa shape index (κ3) is 4.48. The number of nitrogens with zero attached hydrogens (tertiary/aromatic N) is 1. The van der Waals surface area contributed by atoms with E-state index in [1.54, 1.807) is 12.3 Å². The van der Waals surface area contributed by atoms with Crippen LogP contribution >= 0.6 is 0 Å². The van der Waals surface area contributed by atoms with Crippen molar-refractivity contribution in [1.82, 2.24) is 15.3 Å². The fraction of sp³-hybridized carbons (Fsp3) is 0.280. The van der Waals surface area contributed by atoms with Gasteiger partial charge in [0.05, 0.1) is 0 Å². The maximum Gasteiger partial charge on any atom is 0.243 e. The summed E-state index contributed by atoms with van der Waals surface area (Å²) in [6, 6.07) is 21.2. The molecule has 0 radical (unpaired) electrons. The number of benzene rings is 2. The number of aryl methyl sites for hydroxylation is 1. The van der Waals surface area contributed by atoms with Gasteiger partial charge in [0.25, 0.3) is 0 Å². The molecule has 4 rings (SSSR count). The van der Waals surface area contributed by atoms with Crippen LogP contribution in [0.25, 0.3) is 0 Å². The van der Waals surface area contributed by atoms with Gasteiger partial charge in [-0.1, -0.05) is 66.7 Å². The Kier molecular flexibility index (Phi) is 5.89. The molecule has 0 saturated heterocycles. The number of aromatic nitrogens is 2. The van der Waals surface area contributed by atoms with Gasteiger partial charge in [-0.15, -0.1) is 0 Å². The average molecular weight is 386 g/mol. The molecule has 2 N–H and O–H groups in total. The molecular formula is C25H27N3O. The largest absolute Gasteiger partial charge is 0.353 e. The first-order valence-electron chi connectivity index (χ1n) is 10.3. The summed E-state index contributed by atoms with van der Waals surface area (Å²) in [6.45, 7) is 0.692. The molecule has 1 aliphatic rings. The Morgan fingerprint density at radius 3 is 2.38 bits per heavy atom. The summed E-state index contributed by atoms with van der Waals surface area (Å²) in [5.74, 6) is 1.34. The lowest BCUT2D eigenvalue weighted by molar-refractivity contribution is -0.116. The van der Waals surface area contributed by atoms with E-state index in [4.69, 9.17) is 0 Å². The van der Waals surface area contributed by atoms with Crippen LogP contribution in [0, 0.1) is 5.92 Å². The van der Waals surface area contributed by atoms with Crippen LogP contribution < -0.4 is 5.32 Å². The smallest absolute Gasteiger partial charge is 0.243 e. The lowest BCUT2D eigenvalue weighted by atomic mass is 9.85. The number of H-pyrrole nitrogens is 1. The van der Waals surface area contributed by atoms with Crippen LogP contribution in [0.1, 0.15) is 36.2 Å². The maximum absolute atomic E-state index is 12.2. The van der Waals surface area contributed by atoms with E-state index in [9.17, 15) is 4.79 Å². The molecule has 1 heterocycles. The number of imidazole rings is 1. The third-order valence-electron chi connectivity index (χ3n) is 5.77. The number of allylic oxidation sites excluding steroid dienone is 1. The second kappa shape index (κ2) is 8.91. The van der Waals surface area contributed by atoms with Crippen molar-refractivity contribution in [3.05, 3.63) is 102 Å². The third-order valence-corrected chi connectivity index (χ3v) is 5.77. The molecule has 1 aromatic heterocycles. The molecule has 0 bridgehead atoms. The van der Waals surface area contributed by atoms with Crippen molar-refractivity contribution in [3.63, 3.8) is 0 Å². The van der Waals surface area contributed by atoms with Crippen molar-refractivity contribution in [2.24, 2.45) is 5.92 Å². The van der Waals surface area contributed by atoms with Crippen molar-refractivity contribution in [2.45, 2.75) is 31.1 Å². The number of aromatic amines is 1. The van der Waals surface area contributed by atoms with Crippen LogP contribution in [0.2, 0.25) is 0 Å². The van der Waals surface area contributed by atoms with Crippen molar-refractivity contribution in [2.75, 3.05) is 6.54 Å². The summed E-state index contributed by atoms with van der Waals surface area (Å²) >= 11 is 0. The van der Waals surface area contributed by atoms with E-state index in [0.717, 1.165) is 31.5 Å². The lowest BCUT2D eigenvalue weighted by Crippen LogP contribution is -2.22. The van der Waals surface area contributed by atoms with Crippen molar-refractivity contribution in [3.8, 4) is 0 Å². The minimum absolute atomic E-state index is 0.00933. The van der Waals surface area contributed by atoms with Crippen LogP contribution in [0.4, 0.5) is 0 Å². The molecule has 0 unspecified atom stereocenters. The standard InChI is InChI=1S/C25H27N3O/c29-24(28-16-8-7-13-23-26-17-18-27-23)15-14-22-19-25(22,20-9-3-1-4-10-20)21-11-5-2-6-12-21/h1-6,9-12,14-15,17-18,22H,7-8,13,16,19H2,(H,26,27)(H,28,29)/t22-/m1/s1. The van der Waals surface area contributed by atoms with Gasteiger partial charge in [0.1, 0.15) is 5.82 Å². The molecule has 2 aromatic carbocycles. The highest BCUT2D eigenvalue weighted by molar-refractivity contribution is 5.87. The zero-order valence-corrected chi connectivity index (χ0v) is 16.6. The fourth-order valence-electron chi connectivity index (χ4n) is 4.15. The van der Waals surface area contributed by atoms with Gasteiger partial charge in [-0.3, -0.25) is 4.79 Å². The Hall–Kier alpha value is -3.14. The topological polar surface area (TPSA) is 57.8 Å². The number of rotatable bonds is 9. The molecule has 148 valence electrons. The molecule has 29 heavy (non-hydrogen) atoms. The van der Waals surface area contributed by atoms with E-state index in [2.05, 4.69) is 82.0 Å². The van der Waals surface area contributed by atoms with Gasteiger partial charge in [-0.05, 0) is 42.4 Å². The number of hydrogen-bond acceptors (Lipinski definition) is 2. The minimum Gasteiger partial charge on any atom is -0.353 e. The van der Waals surface area contributed by atoms with Gasteiger partial charge >= 0.3 is 0 Å². The second-order valence-corrected chi connectivity index (χ2v) is 7.66. The summed E-state index contributed by atoms with van der Waals surface area (Å²) in [4.78, 5) is 19.6. The van der Waals surface area contributed by atoms with E-state index in [1.807, 2.05) is 6.20 Å². The molecule has 1 aliphatic carbocycles. The maximum atomic E-state index is 12.2. The Labute approximate surface area is 172 Å². The molecule has 1 atom stereocenters. The highest BCUT2D eigenvalue weighted by atomic mass is 16.1. The van der Waals surface area contributed by atoms with Gasteiger partial charge in [-0.25, -0.2) is 4.98 Å². The summed E-state index contributed by atoms with van der Waals surface area (Å²) in [7, 11) is 0. The van der Waals surface area contributed by atoms with Gasteiger partial charge in [0.15, 0.2) is 0 Å². The normalized spacial score (nSPS) is 17.3. The molecule has 4 heteroatoms. The Balaban J connectivity index is 1.31. The molecule has 1 fully saturated rings. The summed E-state index contributed by atoms with van der Waals surface area (Å²) < 4.78 is 0. The number of unbranched alkanes of at least 4 members (excludes halogenated alkanes) is 1. The zero-order valence-electron chi connectivity index (χ0n) is 16.6. The van der Waals surface area contributed by atoms with E-state index in [-0.39, 0.29) is 11.3 Å². The number of nitrogens with one attached hydrogen (secondary N) is 2. The van der Waals surface area contributed by atoms with Crippen molar-refractivity contribution >= 4 is 5.91 Å². The highest BCUT2D eigenvalue weighted by Crippen LogP contribution is 2.59. The predicted molar refractivity (Wildman–Crippen MR) is 115 cm³/mol. The molecule has 1 saturated carbocycles. The van der Waals surface area contributed by atoms with Crippen LogP contribution in [0.3, 0.4) is 0 Å². The molecule has 3 aromatic rings. The van der Waals surface area contributed by atoms with E-state index in [1.165, 1.54) is 11.1 Å². The highest BCUT2D eigenvalue weighted by Gasteiger charge is 2.54. The quantitative estimate of drug-likeness (QED) is 0.423. The van der Waals surface area contributed by atoms with Crippen LogP contribution in [0.5, 0.6) is 0 Å². The number of hydrogen-bond donors (Lipinski definition) is 2. The summed E-state index contributed by atoms with van der Waals surface area (Å²) in [5, 5.41) is 3.00. The first-order valence-corrected chi connectivity index (χ1v) is 10.3. The number of carbonyl (C=O) groups excluding carboxylic acids is 1. The molecular weight excluding hydrogens is 358 g/mol. The summed E-state index contributed by atoms with van der Waals surface area (Å²) in [6.07, 6.45) is 11.3. The minimum atomic E-state index is -0.0116. The first-order chi connectivity index (χ1) is 14.3. The van der Waals surface area contributed by atoms with Crippen LogP contribution in [0.15, 0.2) is 85.2 Å². The molecule has 0 spiro atoms. The van der Waals surface area contributed by atoms with Crippen LogP contribution in [-0.4, -0.2) is 22.4 Å². The van der Waals surface area contributed by atoms with Crippen molar-refractivity contribution in [1.29, 1.82) is 0 Å². The second-order valence-electron chi connectivity index (χ2n) is 7.66. The predicted octanol–water partition coefficient (Wildman–Crippen LogP) is 4.41. The number of amides is 1. The van der Waals surface area contributed by atoms with Gasteiger partial charge in [-0.2, -0.15) is 0 Å². The SMILES string of the molecule is O=C(C=C[C@@H]1CC1(c1ccccc1)c1ccccc1)NCCCCc1ncc[nH]1. The molecule has 4 nitrogen and oxygen atoms in total. The van der Waals surface area contributed by atoms with E-state index >= 15 is 0 Å². The number of carbonyl (C=O) groups is 1. The van der Waals surface area contributed by atoms with Crippen LogP contribution in [-0.2, 0) is 16.6 Å². The van der Waals surface area contributed by atoms with Gasteiger partial charge in [0.2, 0.25) is 5.91 Å². The van der Waals surface area contributed by atoms with E-state index < -0.39 is 0 Å².